The molecule has 0 unspecified atom stereocenters. The van der Waals surface area contributed by atoms with Crippen LogP contribution in [0.25, 0.3) is 5.57 Å². The van der Waals surface area contributed by atoms with Crippen molar-refractivity contribution in [2.75, 3.05) is 6.54 Å². The molecule has 0 bridgehead atoms. The minimum absolute atomic E-state index is 0.340. The smallest absolute Gasteiger partial charge is 0.373 e. The Kier molecular flexibility index (Phi) is 5.58. The number of aromatic nitrogens is 1. The molecule has 0 saturated carbocycles. The molecule has 0 N–H and O–H groups in total. The molecule has 0 amide bonds. The first-order valence-corrected chi connectivity index (χ1v) is 7.81. The van der Waals surface area contributed by atoms with Gasteiger partial charge in [-0.3, -0.25) is 13.6 Å². The van der Waals surface area contributed by atoms with Crippen LogP contribution in [0.1, 0.15) is 33.4 Å². The van der Waals surface area contributed by atoms with Crippen molar-refractivity contribution >= 4 is 19.2 Å². The van der Waals surface area contributed by atoms with E-state index in [4.69, 9.17) is 0 Å². The summed E-state index contributed by atoms with van der Waals surface area (Å²) in [5, 5.41) is 0. The standard InChI is InChI=1S/C17H22BF2N3/c1-5-22(13(2)3)14(4)12-15(16-8-6-10-21-16)17-9-7-11-23(17)18(19)20/h6-13H,5H2,1-4H3/b14-12+,16-15-. The third-order valence-corrected chi connectivity index (χ3v) is 3.87. The Balaban J connectivity index is 2.54. The van der Waals surface area contributed by atoms with Crippen LogP contribution >= 0.6 is 0 Å². The molecule has 1 aliphatic rings. The molecular formula is C17H22BF2N3. The van der Waals surface area contributed by atoms with Crippen LogP contribution in [0.4, 0.5) is 8.63 Å². The molecule has 6 heteroatoms. The topological polar surface area (TPSA) is 20.5 Å². The van der Waals surface area contributed by atoms with Gasteiger partial charge in [0.05, 0.1) is 5.70 Å². The Hall–Kier alpha value is -2.11. The highest BCUT2D eigenvalue weighted by molar-refractivity contribution is 6.41. The van der Waals surface area contributed by atoms with Gasteiger partial charge in [-0.25, -0.2) is 0 Å². The van der Waals surface area contributed by atoms with Crippen LogP contribution in [0, 0.1) is 0 Å². The first-order valence-electron chi connectivity index (χ1n) is 7.81. The number of rotatable bonds is 6. The molecule has 0 atom stereocenters. The zero-order chi connectivity index (χ0) is 17.0. The normalized spacial score (nSPS) is 16.4. The van der Waals surface area contributed by atoms with Gasteiger partial charge in [-0.1, -0.05) is 0 Å². The van der Waals surface area contributed by atoms with Crippen molar-refractivity contribution in [3.8, 4) is 0 Å². The second-order valence-electron chi connectivity index (χ2n) is 5.68. The van der Waals surface area contributed by atoms with Gasteiger partial charge in [0.25, 0.3) is 0 Å². The highest BCUT2D eigenvalue weighted by Crippen LogP contribution is 2.27. The summed E-state index contributed by atoms with van der Waals surface area (Å²) in [4.78, 5) is 6.52. The summed E-state index contributed by atoms with van der Waals surface area (Å²) in [6.07, 6.45) is 8.67. The van der Waals surface area contributed by atoms with Crippen molar-refractivity contribution in [3.05, 3.63) is 53.6 Å². The van der Waals surface area contributed by atoms with Crippen molar-refractivity contribution in [1.82, 2.24) is 9.38 Å². The van der Waals surface area contributed by atoms with Gasteiger partial charge in [-0.05, 0) is 64.3 Å². The van der Waals surface area contributed by atoms with E-state index in [1.807, 2.05) is 25.2 Å². The average Bonchev–Trinajstić information content (AvgIpc) is 3.16. The quantitative estimate of drug-likeness (QED) is 0.719. The molecular weight excluding hydrogens is 295 g/mol. The summed E-state index contributed by atoms with van der Waals surface area (Å²) in [6, 6.07) is 3.67. The zero-order valence-corrected chi connectivity index (χ0v) is 14.0. The Morgan fingerprint density at radius 3 is 2.70 bits per heavy atom. The van der Waals surface area contributed by atoms with E-state index in [1.165, 1.54) is 6.20 Å². The summed E-state index contributed by atoms with van der Waals surface area (Å²) in [6.45, 7) is 9.17. The molecule has 23 heavy (non-hydrogen) atoms. The van der Waals surface area contributed by atoms with Gasteiger partial charge in [-0.2, -0.15) is 0 Å². The lowest BCUT2D eigenvalue weighted by molar-refractivity contribution is 0.299. The van der Waals surface area contributed by atoms with E-state index in [0.29, 0.717) is 23.0 Å². The van der Waals surface area contributed by atoms with E-state index in [-0.39, 0.29) is 0 Å². The lowest BCUT2D eigenvalue weighted by Crippen LogP contribution is -2.28. The Morgan fingerprint density at radius 2 is 2.17 bits per heavy atom. The lowest BCUT2D eigenvalue weighted by atomic mass is 10.1. The fraction of sp³-hybridized carbons (Fsp3) is 0.353. The number of hydrogen-bond acceptors (Lipinski definition) is 2. The Morgan fingerprint density at radius 1 is 1.43 bits per heavy atom. The van der Waals surface area contributed by atoms with E-state index >= 15 is 0 Å². The van der Waals surface area contributed by atoms with Gasteiger partial charge in [-0.15, -0.1) is 0 Å². The van der Waals surface area contributed by atoms with Gasteiger partial charge >= 0.3 is 7.40 Å². The molecule has 1 aromatic rings. The molecule has 1 aliphatic heterocycles. The van der Waals surface area contributed by atoms with E-state index in [9.17, 15) is 8.63 Å². The maximum atomic E-state index is 13.3. The third-order valence-electron chi connectivity index (χ3n) is 3.87. The SMILES string of the molecule is CCN(/C(C)=C/C(=C1\C=CC=N1)c1cccn1B(F)F)C(C)C. The van der Waals surface area contributed by atoms with E-state index < -0.39 is 7.40 Å². The minimum Gasteiger partial charge on any atom is -0.373 e. The predicted molar refractivity (Wildman–Crippen MR) is 93.6 cm³/mol. The van der Waals surface area contributed by atoms with Crippen molar-refractivity contribution < 1.29 is 8.63 Å². The van der Waals surface area contributed by atoms with Gasteiger partial charge in [0.2, 0.25) is 0 Å². The third kappa shape index (κ3) is 3.81. The van der Waals surface area contributed by atoms with Crippen LogP contribution in [0.15, 0.2) is 52.9 Å². The molecule has 0 radical (unpaired) electrons. The zero-order valence-electron chi connectivity index (χ0n) is 14.0. The lowest BCUT2D eigenvalue weighted by Gasteiger charge is -2.28. The fourth-order valence-corrected chi connectivity index (χ4v) is 2.84. The summed E-state index contributed by atoms with van der Waals surface area (Å²) in [5.74, 6) is 0. The van der Waals surface area contributed by atoms with Crippen molar-refractivity contribution in [2.24, 2.45) is 4.99 Å². The molecule has 1 aromatic heterocycles. The van der Waals surface area contributed by atoms with Crippen molar-refractivity contribution in [2.45, 2.75) is 33.7 Å². The first kappa shape index (κ1) is 17.3. The molecule has 0 aliphatic carbocycles. The molecule has 122 valence electrons. The van der Waals surface area contributed by atoms with Gasteiger partial charge < -0.3 is 9.38 Å². The van der Waals surface area contributed by atoms with E-state index in [0.717, 1.165) is 16.7 Å². The van der Waals surface area contributed by atoms with E-state index in [1.54, 1.807) is 18.3 Å². The predicted octanol–water partition coefficient (Wildman–Crippen LogP) is 4.25. The summed E-state index contributed by atoms with van der Waals surface area (Å²) in [7, 11) is -2.58. The number of aliphatic imine (C=N–C) groups is 1. The van der Waals surface area contributed by atoms with Crippen LogP contribution in [0.3, 0.4) is 0 Å². The van der Waals surface area contributed by atoms with Crippen LogP contribution in [0.5, 0.6) is 0 Å². The van der Waals surface area contributed by atoms with Gasteiger partial charge in [0.15, 0.2) is 0 Å². The number of hydrogen-bond donors (Lipinski definition) is 0. The molecule has 0 saturated heterocycles. The maximum absolute atomic E-state index is 13.3. The van der Waals surface area contributed by atoms with Crippen LogP contribution in [-0.4, -0.2) is 35.6 Å². The summed E-state index contributed by atoms with van der Waals surface area (Å²) in [5.41, 5.74) is 2.90. The Bertz CT molecular complexity index is 655. The molecule has 2 rings (SSSR count). The largest absolute Gasteiger partial charge is 0.677 e. The van der Waals surface area contributed by atoms with Crippen LogP contribution in [-0.2, 0) is 0 Å². The molecule has 3 nitrogen and oxygen atoms in total. The first-order chi connectivity index (χ1) is 11.0. The van der Waals surface area contributed by atoms with Gasteiger partial charge in [0.1, 0.15) is 0 Å². The molecule has 0 spiro atoms. The van der Waals surface area contributed by atoms with Crippen molar-refractivity contribution in [3.63, 3.8) is 0 Å². The van der Waals surface area contributed by atoms with Crippen LogP contribution in [0.2, 0.25) is 0 Å². The summed E-state index contributed by atoms with van der Waals surface area (Å²) < 4.78 is 27.5. The molecule has 0 aromatic carbocycles. The maximum Gasteiger partial charge on any atom is 0.677 e. The van der Waals surface area contributed by atoms with Crippen LogP contribution < -0.4 is 0 Å². The highest BCUT2D eigenvalue weighted by Gasteiger charge is 2.22. The second-order valence-corrected chi connectivity index (χ2v) is 5.68. The molecule has 2 heterocycles. The van der Waals surface area contributed by atoms with Crippen molar-refractivity contribution in [1.29, 1.82) is 0 Å². The monoisotopic (exact) mass is 317 g/mol. The summed E-state index contributed by atoms with van der Waals surface area (Å²) >= 11 is 0. The highest BCUT2D eigenvalue weighted by atomic mass is 19.2. The average molecular weight is 317 g/mol. The number of allylic oxidation sites excluding steroid dienone is 5. The number of nitrogens with zero attached hydrogens (tertiary/aromatic N) is 3. The van der Waals surface area contributed by atoms with E-state index in [2.05, 4.69) is 30.7 Å². The minimum atomic E-state index is -2.58. The molecule has 0 fully saturated rings. The number of halogens is 2. The second kappa shape index (κ2) is 7.44. The Labute approximate surface area is 136 Å². The fourth-order valence-electron chi connectivity index (χ4n) is 2.84. The van der Waals surface area contributed by atoms with Gasteiger partial charge in [0, 0.05) is 35.8 Å².